The van der Waals surface area contributed by atoms with Crippen LogP contribution < -0.4 is 32.5 Å². The summed E-state index contributed by atoms with van der Waals surface area (Å²) in [6, 6.07) is -2.78. The Bertz CT molecular complexity index is 279. The third-order valence-corrected chi connectivity index (χ3v) is 2.68. The van der Waals surface area contributed by atoms with Crippen molar-refractivity contribution in [2.75, 3.05) is 17.3 Å². The van der Waals surface area contributed by atoms with E-state index in [-0.39, 0.29) is 34.6 Å². The van der Waals surface area contributed by atoms with Crippen molar-refractivity contribution >= 4 is 55.8 Å². The fourth-order valence-electron chi connectivity index (χ4n) is 0.224. The summed E-state index contributed by atoms with van der Waals surface area (Å²) in [5.41, 5.74) is 14.6. The maximum absolute atomic E-state index is 9.65. The molecule has 0 fully saturated rings. The Morgan fingerprint density at radius 2 is 0.818 bits per heavy atom. The van der Waals surface area contributed by atoms with E-state index >= 15 is 0 Å². The summed E-state index contributed by atoms with van der Waals surface area (Å²) in [4.78, 5) is 28.9. The molecular weight excluding hydrogens is 394 g/mol. The average Bonchev–Trinajstić information content (AvgIpc) is 2.45. The number of aliphatic carboxylic acids is 3. The zero-order chi connectivity index (χ0) is 17.6. The zero-order valence-electron chi connectivity index (χ0n) is 11.3. The topological polar surface area (TPSA) is 198 Å². The molecule has 129 valence electrons. The molecule has 6 N–H and O–H groups in total. The van der Waals surface area contributed by atoms with Gasteiger partial charge in [-0.25, -0.2) is 0 Å². The molecule has 1 radical (unpaired) electrons. The number of rotatable bonds is 6. The number of carbonyl (C=O) groups excluding carboxylic acids is 3. The molecule has 0 saturated carbocycles. The molecule has 0 saturated heterocycles. The maximum Gasteiger partial charge on any atom is 3.00 e. The second kappa shape index (κ2) is 18.9. The van der Waals surface area contributed by atoms with Gasteiger partial charge in [-0.2, -0.15) is 37.9 Å². The summed E-state index contributed by atoms with van der Waals surface area (Å²) < 4.78 is 0. The minimum Gasteiger partial charge on any atom is -0.548 e. The van der Waals surface area contributed by atoms with Gasteiger partial charge in [-0.3, -0.25) is 0 Å². The Hall–Kier alpha value is -0.128. The molecule has 0 aromatic rings. The average molecular weight is 412 g/mol. The summed E-state index contributed by atoms with van der Waals surface area (Å²) in [5.74, 6) is -3.38. The van der Waals surface area contributed by atoms with Crippen LogP contribution in [0.1, 0.15) is 0 Å². The van der Waals surface area contributed by atoms with Gasteiger partial charge < -0.3 is 46.9 Å². The Balaban J connectivity index is -0.000000108. The summed E-state index contributed by atoms with van der Waals surface area (Å²) in [6.45, 7) is 0. The first-order chi connectivity index (χ1) is 9.54. The molecule has 0 bridgehead atoms. The van der Waals surface area contributed by atoms with E-state index in [1.807, 2.05) is 0 Å². The first-order valence-electron chi connectivity index (χ1n) is 5.26. The Labute approximate surface area is 155 Å². The molecule has 0 rings (SSSR count). The third-order valence-electron chi connectivity index (χ3n) is 1.50. The van der Waals surface area contributed by atoms with Crippen LogP contribution in [-0.2, 0) is 31.7 Å². The van der Waals surface area contributed by atoms with Gasteiger partial charge >= 0.3 is 17.4 Å². The van der Waals surface area contributed by atoms with Crippen LogP contribution in [0.25, 0.3) is 0 Å². The molecule has 0 aliphatic carbocycles. The summed E-state index contributed by atoms with van der Waals surface area (Å²) in [7, 11) is 0. The molecular formula is C9H18CrN3O6S3. The Morgan fingerprint density at radius 1 is 0.682 bits per heavy atom. The van der Waals surface area contributed by atoms with E-state index in [0.29, 0.717) is 0 Å². The van der Waals surface area contributed by atoms with Crippen LogP contribution in [0.15, 0.2) is 0 Å². The van der Waals surface area contributed by atoms with E-state index in [9.17, 15) is 29.7 Å². The van der Waals surface area contributed by atoms with E-state index in [4.69, 9.17) is 17.2 Å². The van der Waals surface area contributed by atoms with Gasteiger partial charge in [-0.1, -0.05) is 0 Å². The molecule has 0 heterocycles. The third kappa shape index (κ3) is 22.2. The molecule has 0 aliphatic rings. The van der Waals surface area contributed by atoms with Crippen LogP contribution in [0, 0.1) is 0 Å². The van der Waals surface area contributed by atoms with Crippen LogP contribution in [0.2, 0.25) is 0 Å². The quantitative estimate of drug-likeness (QED) is 0.230. The number of carboxylic acid groups (broad SMARTS) is 3. The van der Waals surface area contributed by atoms with Crippen LogP contribution in [0.3, 0.4) is 0 Å². The summed E-state index contributed by atoms with van der Waals surface area (Å²) in [6.07, 6.45) is 0. The van der Waals surface area contributed by atoms with Gasteiger partial charge in [0.2, 0.25) is 0 Å². The van der Waals surface area contributed by atoms with Crippen molar-refractivity contribution in [1.29, 1.82) is 0 Å². The van der Waals surface area contributed by atoms with Gasteiger partial charge in [0.05, 0.1) is 36.0 Å². The van der Waals surface area contributed by atoms with Gasteiger partial charge in [0, 0.05) is 17.3 Å². The van der Waals surface area contributed by atoms with Gasteiger partial charge in [0.1, 0.15) is 0 Å². The number of hydrogen-bond acceptors (Lipinski definition) is 12. The Kier molecular flexibility index (Phi) is 25.7. The van der Waals surface area contributed by atoms with Gasteiger partial charge in [0.25, 0.3) is 0 Å². The molecule has 0 aromatic carbocycles. The molecule has 9 nitrogen and oxygen atoms in total. The standard InChI is InChI=1S/3C3H7NO2S.Cr/c3*4-2(1-7)3(5)6;/h3*2,7H,1,4H2,(H,5,6);/q;;;+3/p-3/t3*2-;/m000./s1. The number of carboxylic acids is 3. The van der Waals surface area contributed by atoms with Crippen LogP contribution in [-0.4, -0.2) is 53.3 Å². The molecule has 22 heavy (non-hydrogen) atoms. The van der Waals surface area contributed by atoms with Gasteiger partial charge in [0.15, 0.2) is 0 Å². The van der Waals surface area contributed by atoms with E-state index < -0.39 is 36.0 Å². The molecule has 0 spiro atoms. The summed E-state index contributed by atoms with van der Waals surface area (Å²) >= 11 is 10.8. The normalized spacial score (nSPS) is 12.8. The molecule has 13 heteroatoms. The smallest absolute Gasteiger partial charge is 0.548 e. The summed E-state index contributed by atoms with van der Waals surface area (Å²) in [5, 5.41) is 28.9. The molecule has 0 unspecified atom stereocenters. The predicted molar refractivity (Wildman–Crippen MR) is 80.5 cm³/mol. The second-order valence-electron chi connectivity index (χ2n) is 3.32. The van der Waals surface area contributed by atoms with E-state index in [1.54, 1.807) is 0 Å². The first-order valence-corrected chi connectivity index (χ1v) is 7.16. The molecule has 0 aliphatic heterocycles. The Morgan fingerprint density at radius 3 is 0.818 bits per heavy atom. The maximum atomic E-state index is 9.65. The van der Waals surface area contributed by atoms with Crippen molar-refractivity contribution in [2.45, 2.75) is 18.1 Å². The SMILES string of the molecule is N[C@@H](CS)C(=O)[O-].N[C@@H](CS)C(=O)[O-].N[C@@H](CS)C(=O)[O-].[Cr+3]. The van der Waals surface area contributed by atoms with E-state index in [1.165, 1.54) is 0 Å². The number of nitrogens with two attached hydrogens (primary N) is 3. The fraction of sp³-hybridized carbons (Fsp3) is 0.667. The largest absolute Gasteiger partial charge is 3.00 e. The fourth-order valence-corrected chi connectivity index (χ4v) is 0.671. The van der Waals surface area contributed by atoms with Crippen LogP contribution in [0.5, 0.6) is 0 Å². The van der Waals surface area contributed by atoms with Crippen molar-refractivity contribution in [3.8, 4) is 0 Å². The number of hydrogen-bond donors (Lipinski definition) is 6. The zero-order valence-corrected chi connectivity index (χ0v) is 15.2. The first kappa shape index (κ1) is 29.8. The molecule has 0 aromatic heterocycles. The van der Waals surface area contributed by atoms with E-state index in [2.05, 4.69) is 37.9 Å². The van der Waals surface area contributed by atoms with Crippen molar-refractivity contribution in [1.82, 2.24) is 0 Å². The predicted octanol–water partition coefficient (Wildman–Crippen LogP) is -6.02. The van der Waals surface area contributed by atoms with Crippen LogP contribution >= 0.6 is 37.9 Å². The van der Waals surface area contributed by atoms with Crippen molar-refractivity contribution in [3.63, 3.8) is 0 Å². The van der Waals surface area contributed by atoms with E-state index in [0.717, 1.165) is 0 Å². The number of thiol groups is 3. The monoisotopic (exact) mass is 412 g/mol. The minimum atomic E-state index is -1.25. The van der Waals surface area contributed by atoms with Gasteiger partial charge in [-0.15, -0.1) is 0 Å². The van der Waals surface area contributed by atoms with Crippen molar-refractivity contribution < 1.29 is 47.1 Å². The second-order valence-corrected chi connectivity index (χ2v) is 4.42. The number of carbonyl (C=O) groups is 3. The van der Waals surface area contributed by atoms with Crippen molar-refractivity contribution in [2.24, 2.45) is 17.2 Å². The van der Waals surface area contributed by atoms with Crippen molar-refractivity contribution in [3.05, 3.63) is 0 Å². The molecule has 3 atom stereocenters. The van der Waals surface area contributed by atoms with Gasteiger partial charge in [-0.05, 0) is 0 Å². The molecule has 0 amide bonds. The minimum absolute atomic E-state index is 0. The van der Waals surface area contributed by atoms with Crippen LogP contribution in [0.4, 0.5) is 0 Å².